The number of aliphatic imine (C=N–C) groups is 1. The minimum Gasteiger partial charge on any atom is -0.489 e. The van der Waals surface area contributed by atoms with Gasteiger partial charge in [-0.1, -0.05) is 30.9 Å². The Balaban J connectivity index is 1.92. The Hall–Kier alpha value is -3.08. The van der Waals surface area contributed by atoms with Crippen LogP contribution >= 0.6 is 0 Å². The third-order valence-corrected chi connectivity index (χ3v) is 2.92. The van der Waals surface area contributed by atoms with E-state index in [0.29, 0.717) is 18.1 Å². The molecule has 0 saturated carbocycles. The van der Waals surface area contributed by atoms with Gasteiger partial charge in [-0.15, -0.1) is 0 Å². The Labute approximate surface area is 127 Å². The first-order valence-corrected chi connectivity index (χ1v) is 6.67. The van der Waals surface area contributed by atoms with Gasteiger partial charge in [0.1, 0.15) is 12.4 Å². The molecule has 0 atom stereocenters. The van der Waals surface area contributed by atoms with Gasteiger partial charge in [0.15, 0.2) is 11.5 Å². The molecule has 1 aliphatic heterocycles. The summed E-state index contributed by atoms with van der Waals surface area (Å²) in [6.45, 7) is 3.99. The van der Waals surface area contributed by atoms with Crippen molar-refractivity contribution >= 4 is 17.9 Å². The molecule has 22 heavy (non-hydrogen) atoms. The number of ether oxygens (including phenoxy) is 2. The van der Waals surface area contributed by atoms with E-state index < -0.39 is 5.97 Å². The number of carbonyl (C=O) groups excluding carboxylic acids is 1. The van der Waals surface area contributed by atoms with Crippen LogP contribution < -0.4 is 4.74 Å². The molecule has 5 nitrogen and oxygen atoms in total. The zero-order valence-corrected chi connectivity index (χ0v) is 11.7. The lowest BCUT2D eigenvalue weighted by Crippen LogP contribution is -2.04. The standard InChI is InChI=1S/C17H13NO4/c1-2-9-20-14-7-4-3-6-12(14)11-13-17(19)22-16(18-13)15-8-5-10-21-15/h2-8,10-11H,1,9H2. The number of para-hydroxylation sites is 1. The lowest BCUT2D eigenvalue weighted by molar-refractivity contribution is -0.130. The number of furan rings is 1. The van der Waals surface area contributed by atoms with Crippen LogP contribution in [0.5, 0.6) is 5.75 Å². The van der Waals surface area contributed by atoms with Crippen LogP contribution in [0, 0.1) is 0 Å². The number of hydrogen-bond donors (Lipinski definition) is 0. The average molecular weight is 295 g/mol. The third-order valence-electron chi connectivity index (χ3n) is 2.92. The molecule has 1 aromatic carbocycles. The molecule has 2 heterocycles. The van der Waals surface area contributed by atoms with Crippen molar-refractivity contribution in [2.45, 2.75) is 0 Å². The summed E-state index contributed by atoms with van der Waals surface area (Å²) < 4.78 is 15.8. The van der Waals surface area contributed by atoms with E-state index in [1.165, 1.54) is 6.26 Å². The number of rotatable bonds is 5. The summed E-state index contributed by atoms with van der Waals surface area (Å²) in [5.41, 5.74) is 0.932. The number of benzene rings is 1. The van der Waals surface area contributed by atoms with Crippen molar-refractivity contribution in [3.63, 3.8) is 0 Å². The maximum absolute atomic E-state index is 11.9. The Morgan fingerprint density at radius 2 is 2.09 bits per heavy atom. The van der Waals surface area contributed by atoms with Crippen molar-refractivity contribution in [2.24, 2.45) is 4.99 Å². The fourth-order valence-corrected chi connectivity index (χ4v) is 1.94. The smallest absolute Gasteiger partial charge is 0.363 e. The zero-order valence-electron chi connectivity index (χ0n) is 11.7. The van der Waals surface area contributed by atoms with Gasteiger partial charge in [0, 0.05) is 5.56 Å². The van der Waals surface area contributed by atoms with Crippen LogP contribution in [0.2, 0.25) is 0 Å². The molecule has 0 fully saturated rings. The van der Waals surface area contributed by atoms with Gasteiger partial charge in [-0.3, -0.25) is 0 Å². The third kappa shape index (κ3) is 2.83. The van der Waals surface area contributed by atoms with Gasteiger partial charge in [0.25, 0.3) is 5.90 Å². The maximum atomic E-state index is 11.9. The van der Waals surface area contributed by atoms with Gasteiger partial charge in [0.05, 0.1) is 6.26 Å². The molecule has 0 aliphatic carbocycles. The lowest BCUT2D eigenvalue weighted by atomic mass is 10.1. The molecular formula is C17H13NO4. The quantitative estimate of drug-likeness (QED) is 0.483. The van der Waals surface area contributed by atoms with Gasteiger partial charge in [-0.2, -0.15) is 0 Å². The van der Waals surface area contributed by atoms with E-state index >= 15 is 0 Å². The minimum atomic E-state index is -0.523. The fourth-order valence-electron chi connectivity index (χ4n) is 1.94. The van der Waals surface area contributed by atoms with E-state index in [9.17, 15) is 4.79 Å². The van der Waals surface area contributed by atoms with Crippen molar-refractivity contribution < 1.29 is 18.7 Å². The van der Waals surface area contributed by atoms with Crippen molar-refractivity contribution in [3.05, 3.63) is 72.3 Å². The van der Waals surface area contributed by atoms with Gasteiger partial charge in [-0.05, 0) is 24.3 Å². The highest BCUT2D eigenvalue weighted by molar-refractivity contribution is 6.11. The molecular weight excluding hydrogens is 282 g/mol. The molecule has 0 radical (unpaired) electrons. The lowest BCUT2D eigenvalue weighted by Gasteiger charge is -2.06. The van der Waals surface area contributed by atoms with Gasteiger partial charge in [-0.25, -0.2) is 9.79 Å². The molecule has 0 N–H and O–H groups in total. The first-order chi connectivity index (χ1) is 10.8. The van der Waals surface area contributed by atoms with E-state index in [-0.39, 0.29) is 11.6 Å². The largest absolute Gasteiger partial charge is 0.489 e. The van der Waals surface area contributed by atoms with E-state index in [0.717, 1.165) is 5.56 Å². The summed E-state index contributed by atoms with van der Waals surface area (Å²) in [7, 11) is 0. The number of esters is 1. The Morgan fingerprint density at radius 3 is 2.86 bits per heavy atom. The minimum absolute atomic E-state index is 0.158. The van der Waals surface area contributed by atoms with Crippen LogP contribution in [0.1, 0.15) is 11.3 Å². The molecule has 1 aliphatic rings. The summed E-state index contributed by atoms with van der Waals surface area (Å²) in [6.07, 6.45) is 4.77. The van der Waals surface area contributed by atoms with Crippen LogP contribution in [-0.4, -0.2) is 18.5 Å². The normalized spacial score (nSPS) is 15.5. The second kappa shape index (κ2) is 6.13. The van der Waals surface area contributed by atoms with Gasteiger partial charge < -0.3 is 13.9 Å². The van der Waals surface area contributed by atoms with E-state index in [1.807, 2.05) is 24.3 Å². The van der Waals surface area contributed by atoms with E-state index in [1.54, 1.807) is 24.3 Å². The topological polar surface area (TPSA) is 61.0 Å². The number of nitrogens with zero attached hydrogens (tertiary/aromatic N) is 1. The molecule has 1 aromatic heterocycles. The summed E-state index contributed by atoms with van der Waals surface area (Å²) in [6, 6.07) is 10.7. The molecule has 0 saturated heterocycles. The van der Waals surface area contributed by atoms with Crippen molar-refractivity contribution in [1.82, 2.24) is 0 Å². The first-order valence-electron chi connectivity index (χ1n) is 6.67. The Kier molecular flexibility index (Phi) is 3.87. The highest BCUT2D eigenvalue weighted by Crippen LogP contribution is 2.24. The number of carbonyl (C=O) groups is 1. The van der Waals surface area contributed by atoms with Crippen LogP contribution in [0.3, 0.4) is 0 Å². The summed E-state index contributed by atoms with van der Waals surface area (Å²) in [5.74, 6) is 0.688. The molecule has 0 amide bonds. The summed E-state index contributed by atoms with van der Waals surface area (Å²) >= 11 is 0. The van der Waals surface area contributed by atoms with Gasteiger partial charge in [0.2, 0.25) is 0 Å². The van der Waals surface area contributed by atoms with E-state index in [2.05, 4.69) is 11.6 Å². The van der Waals surface area contributed by atoms with Crippen molar-refractivity contribution in [3.8, 4) is 5.75 Å². The average Bonchev–Trinajstić information content (AvgIpc) is 3.17. The number of cyclic esters (lactones) is 1. The Bertz CT molecular complexity index is 757. The highest BCUT2D eigenvalue weighted by Gasteiger charge is 2.26. The zero-order chi connectivity index (χ0) is 15.4. The first kappa shape index (κ1) is 13.9. The van der Waals surface area contributed by atoms with Crippen LogP contribution in [0.4, 0.5) is 0 Å². The van der Waals surface area contributed by atoms with E-state index in [4.69, 9.17) is 13.9 Å². The Morgan fingerprint density at radius 1 is 1.23 bits per heavy atom. The summed E-state index contributed by atoms with van der Waals surface area (Å²) in [5, 5.41) is 0. The molecule has 5 heteroatoms. The summed E-state index contributed by atoms with van der Waals surface area (Å²) in [4.78, 5) is 16.1. The van der Waals surface area contributed by atoms with Crippen LogP contribution in [-0.2, 0) is 9.53 Å². The van der Waals surface area contributed by atoms with Crippen molar-refractivity contribution in [1.29, 1.82) is 0 Å². The monoisotopic (exact) mass is 295 g/mol. The van der Waals surface area contributed by atoms with Crippen LogP contribution in [0.25, 0.3) is 6.08 Å². The van der Waals surface area contributed by atoms with Crippen molar-refractivity contribution in [2.75, 3.05) is 6.61 Å². The van der Waals surface area contributed by atoms with Gasteiger partial charge >= 0.3 is 5.97 Å². The molecule has 0 unspecified atom stereocenters. The molecule has 3 rings (SSSR count). The maximum Gasteiger partial charge on any atom is 0.363 e. The number of hydrogen-bond acceptors (Lipinski definition) is 5. The molecule has 0 spiro atoms. The SMILES string of the molecule is C=CCOc1ccccc1C=C1N=C(c2ccco2)OC1=O. The molecule has 2 aromatic rings. The molecule has 0 bridgehead atoms. The van der Waals surface area contributed by atoms with Crippen LogP contribution in [0.15, 0.2) is 70.4 Å². The fraction of sp³-hybridized carbons (Fsp3) is 0.0588. The second-order valence-corrected chi connectivity index (χ2v) is 4.45. The molecule has 110 valence electrons. The predicted octanol–water partition coefficient (Wildman–Crippen LogP) is 3.19. The predicted molar refractivity (Wildman–Crippen MR) is 81.4 cm³/mol. The second-order valence-electron chi connectivity index (χ2n) is 4.45. The highest BCUT2D eigenvalue weighted by atomic mass is 16.6.